The van der Waals surface area contributed by atoms with Crippen molar-refractivity contribution < 1.29 is 9.90 Å². The van der Waals surface area contributed by atoms with E-state index in [2.05, 4.69) is 30.0 Å². The van der Waals surface area contributed by atoms with Gasteiger partial charge in [-0.3, -0.25) is 4.79 Å². The van der Waals surface area contributed by atoms with E-state index in [1.807, 2.05) is 7.05 Å². The Morgan fingerprint density at radius 2 is 2.31 bits per heavy atom. The molecule has 1 heterocycles. The maximum atomic E-state index is 10.8. The number of carboxylic acids is 1. The summed E-state index contributed by atoms with van der Waals surface area (Å²) in [4.78, 5) is 12.9. The van der Waals surface area contributed by atoms with Crippen molar-refractivity contribution in [2.45, 2.75) is 32.2 Å². The second-order valence-corrected chi connectivity index (χ2v) is 4.35. The number of aryl methyl sites for hydroxylation is 1. The third-order valence-electron chi connectivity index (χ3n) is 3.35. The highest BCUT2D eigenvalue weighted by Gasteiger charge is 2.29. The van der Waals surface area contributed by atoms with Gasteiger partial charge in [0.25, 0.3) is 0 Å². The molecule has 16 heavy (non-hydrogen) atoms. The molecule has 1 unspecified atom stereocenters. The zero-order valence-electron chi connectivity index (χ0n) is 9.73. The quantitative estimate of drug-likeness (QED) is 0.846. The van der Waals surface area contributed by atoms with E-state index in [0.717, 1.165) is 12.8 Å². The molecule has 0 aromatic heterocycles. The van der Waals surface area contributed by atoms with Gasteiger partial charge in [0.05, 0.1) is 6.42 Å². The van der Waals surface area contributed by atoms with Crippen LogP contribution < -0.4 is 4.90 Å². The Morgan fingerprint density at radius 3 is 2.94 bits per heavy atom. The number of benzene rings is 1. The molecule has 1 atom stereocenters. The molecule has 86 valence electrons. The van der Waals surface area contributed by atoms with Crippen LogP contribution in [0.25, 0.3) is 0 Å². The fraction of sp³-hybridized carbons (Fsp3) is 0.462. The number of likely N-dealkylation sites (N-methyl/N-ethyl adjacent to an activating group) is 1. The number of fused-ring (bicyclic) bond motifs is 1. The monoisotopic (exact) mass is 219 g/mol. The third kappa shape index (κ3) is 1.77. The second-order valence-electron chi connectivity index (χ2n) is 4.35. The van der Waals surface area contributed by atoms with Gasteiger partial charge in [-0.1, -0.05) is 25.1 Å². The van der Waals surface area contributed by atoms with Crippen LogP contribution in [-0.4, -0.2) is 24.2 Å². The van der Waals surface area contributed by atoms with Crippen molar-refractivity contribution in [2.75, 3.05) is 11.9 Å². The zero-order chi connectivity index (χ0) is 11.7. The van der Waals surface area contributed by atoms with E-state index in [1.54, 1.807) is 0 Å². The van der Waals surface area contributed by atoms with Gasteiger partial charge in [-0.05, 0) is 24.0 Å². The number of nitrogens with zero attached hydrogens (tertiary/aromatic N) is 1. The minimum Gasteiger partial charge on any atom is -0.481 e. The van der Waals surface area contributed by atoms with Crippen molar-refractivity contribution in [3.63, 3.8) is 0 Å². The van der Waals surface area contributed by atoms with E-state index >= 15 is 0 Å². The number of carbonyl (C=O) groups is 1. The Labute approximate surface area is 95.7 Å². The lowest BCUT2D eigenvalue weighted by Gasteiger charge is -2.22. The largest absolute Gasteiger partial charge is 0.481 e. The van der Waals surface area contributed by atoms with Crippen molar-refractivity contribution in [1.82, 2.24) is 0 Å². The number of carboxylic acid groups (broad SMARTS) is 1. The van der Waals surface area contributed by atoms with E-state index in [4.69, 9.17) is 5.11 Å². The fourth-order valence-corrected chi connectivity index (χ4v) is 2.53. The Kier molecular flexibility index (Phi) is 2.86. The van der Waals surface area contributed by atoms with Crippen LogP contribution in [0.1, 0.15) is 24.5 Å². The predicted octanol–water partition coefficient (Wildman–Crippen LogP) is 2.08. The number of rotatable bonds is 3. The molecule has 1 aliphatic rings. The molecule has 1 N–H and O–H groups in total. The van der Waals surface area contributed by atoms with Crippen LogP contribution in [-0.2, 0) is 17.6 Å². The minimum atomic E-state index is -0.720. The maximum Gasteiger partial charge on any atom is 0.305 e. The highest BCUT2D eigenvalue weighted by atomic mass is 16.4. The van der Waals surface area contributed by atoms with Crippen molar-refractivity contribution in [1.29, 1.82) is 0 Å². The maximum absolute atomic E-state index is 10.8. The van der Waals surface area contributed by atoms with Crippen molar-refractivity contribution >= 4 is 11.7 Å². The number of hydrogen-bond acceptors (Lipinski definition) is 2. The van der Waals surface area contributed by atoms with E-state index in [0.29, 0.717) is 0 Å². The smallest absolute Gasteiger partial charge is 0.305 e. The molecule has 0 fully saturated rings. The van der Waals surface area contributed by atoms with E-state index in [9.17, 15) is 4.79 Å². The van der Waals surface area contributed by atoms with E-state index in [1.165, 1.54) is 16.8 Å². The van der Waals surface area contributed by atoms with Gasteiger partial charge in [-0.25, -0.2) is 0 Å². The molecule has 3 heteroatoms. The summed E-state index contributed by atoms with van der Waals surface area (Å²) < 4.78 is 0. The molecule has 0 aliphatic carbocycles. The number of hydrogen-bond donors (Lipinski definition) is 1. The van der Waals surface area contributed by atoms with Crippen LogP contribution >= 0.6 is 0 Å². The number of anilines is 1. The first-order chi connectivity index (χ1) is 7.63. The average Bonchev–Trinajstić information content (AvgIpc) is 2.55. The normalized spacial score (nSPS) is 18.6. The van der Waals surface area contributed by atoms with Crippen LogP contribution in [0.3, 0.4) is 0 Å². The van der Waals surface area contributed by atoms with Crippen LogP contribution in [0.5, 0.6) is 0 Å². The Balaban J connectivity index is 2.31. The summed E-state index contributed by atoms with van der Waals surface area (Å²) in [5.74, 6) is -0.720. The first-order valence-corrected chi connectivity index (χ1v) is 5.69. The van der Waals surface area contributed by atoms with Gasteiger partial charge in [-0.2, -0.15) is 0 Å². The highest BCUT2D eigenvalue weighted by Crippen LogP contribution is 2.35. The fourth-order valence-electron chi connectivity index (χ4n) is 2.53. The molecule has 0 saturated carbocycles. The van der Waals surface area contributed by atoms with Crippen LogP contribution in [0, 0.1) is 0 Å². The predicted molar refractivity (Wildman–Crippen MR) is 64.0 cm³/mol. The summed E-state index contributed by atoms with van der Waals surface area (Å²) in [7, 11) is 2.00. The Hall–Kier alpha value is -1.51. The summed E-state index contributed by atoms with van der Waals surface area (Å²) in [5, 5.41) is 8.87. The van der Waals surface area contributed by atoms with Gasteiger partial charge in [0.1, 0.15) is 0 Å². The molecule has 0 bridgehead atoms. The van der Waals surface area contributed by atoms with Crippen molar-refractivity contribution in [2.24, 2.45) is 0 Å². The van der Waals surface area contributed by atoms with Gasteiger partial charge in [0, 0.05) is 18.8 Å². The summed E-state index contributed by atoms with van der Waals surface area (Å²) in [6.45, 7) is 2.13. The first-order valence-electron chi connectivity index (χ1n) is 5.69. The standard InChI is InChI=1S/C13H17NO2/c1-3-9-5-4-6-10-7-11(8-12(15)16)14(2)13(9)10/h4-6,11H,3,7-8H2,1-2H3,(H,15,16). The molecule has 3 nitrogen and oxygen atoms in total. The average molecular weight is 219 g/mol. The minimum absolute atomic E-state index is 0.111. The molecular weight excluding hydrogens is 202 g/mol. The lowest BCUT2D eigenvalue weighted by atomic mass is 10.0. The van der Waals surface area contributed by atoms with Crippen molar-refractivity contribution in [3.05, 3.63) is 29.3 Å². The molecule has 2 rings (SSSR count). The SMILES string of the molecule is CCc1cccc2c1N(C)C(CC(=O)O)C2. The number of aliphatic carboxylic acids is 1. The molecule has 0 saturated heterocycles. The second kappa shape index (κ2) is 4.16. The molecule has 1 aromatic rings. The first kappa shape index (κ1) is 11.0. The molecular formula is C13H17NO2. The molecule has 1 aliphatic heterocycles. The van der Waals surface area contributed by atoms with Crippen molar-refractivity contribution in [3.8, 4) is 0 Å². The summed E-state index contributed by atoms with van der Waals surface area (Å²) in [6, 6.07) is 6.40. The summed E-state index contributed by atoms with van der Waals surface area (Å²) >= 11 is 0. The van der Waals surface area contributed by atoms with Crippen LogP contribution in [0.2, 0.25) is 0 Å². The molecule has 0 radical (unpaired) electrons. The van der Waals surface area contributed by atoms with E-state index < -0.39 is 5.97 Å². The summed E-state index contributed by atoms with van der Waals surface area (Å²) in [6.07, 6.45) is 2.06. The summed E-state index contributed by atoms with van der Waals surface area (Å²) in [5.41, 5.74) is 3.84. The Morgan fingerprint density at radius 1 is 1.56 bits per heavy atom. The van der Waals surface area contributed by atoms with Gasteiger partial charge in [0.2, 0.25) is 0 Å². The zero-order valence-corrected chi connectivity index (χ0v) is 9.73. The van der Waals surface area contributed by atoms with Crippen LogP contribution in [0.15, 0.2) is 18.2 Å². The topological polar surface area (TPSA) is 40.5 Å². The number of para-hydroxylation sites is 1. The van der Waals surface area contributed by atoms with Gasteiger partial charge in [0.15, 0.2) is 0 Å². The molecule has 0 amide bonds. The third-order valence-corrected chi connectivity index (χ3v) is 3.35. The lowest BCUT2D eigenvalue weighted by molar-refractivity contribution is -0.137. The Bertz CT molecular complexity index is 414. The molecule has 1 aromatic carbocycles. The lowest BCUT2D eigenvalue weighted by Crippen LogP contribution is -2.30. The van der Waals surface area contributed by atoms with Crippen LogP contribution in [0.4, 0.5) is 5.69 Å². The van der Waals surface area contributed by atoms with Gasteiger partial charge >= 0.3 is 5.97 Å². The van der Waals surface area contributed by atoms with E-state index in [-0.39, 0.29) is 12.5 Å². The highest BCUT2D eigenvalue weighted by molar-refractivity contribution is 5.71. The van der Waals surface area contributed by atoms with Gasteiger partial charge in [-0.15, -0.1) is 0 Å². The van der Waals surface area contributed by atoms with Gasteiger partial charge < -0.3 is 10.0 Å². The molecule has 0 spiro atoms.